The molecule has 0 aliphatic heterocycles. The van der Waals surface area contributed by atoms with Gasteiger partial charge in [0.05, 0.1) is 11.4 Å². The molecule has 21 heavy (non-hydrogen) atoms. The van der Waals surface area contributed by atoms with Crippen molar-refractivity contribution in [2.24, 2.45) is 5.73 Å². The second-order valence-electron chi connectivity index (χ2n) is 4.85. The molecule has 1 atom stereocenters. The molecule has 1 heterocycles. The minimum atomic E-state index is 0.169. The fraction of sp³-hybridized carbons (Fsp3) is 0.375. The smallest absolute Gasteiger partial charge is 0.161 e. The molecule has 0 aliphatic rings. The highest BCUT2D eigenvalue weighted by Crippen LogP contribution is 2.30. The number of halogens is 1. The van der Waals surface area contributed by atoms with Crippen molar-refractivity contribution in [3.8, 4) is 11.5 Å². The highest BCUT2D eigenvalue weighted by atomic mass is 35.5. The van der Waals surface area contributed by atoms with Gasteiger partial charge in [0.1, 0.15) is 6.61 Å². The van der Waals surface area contributed by atoms with E-state index in [0.29, 0.717) is 6.61 Å². The first-order valence-electron chi connectivity index (χ1n) is 6.92. The first kappa shape index (κ1) is 16.1. The lowest BCUT2D eigenvalue weighted by atomic mass is 10.0. The van der Waals surface area contributed by atoms with Crippen LogP contribution in [0.4, 0.5) is 0 Å². The lowest BCUT2D eigenvalue weighted by molar-refractivity contribution is 0.287. The topological polar surface area (TPSA) is 44.5 Å². The molecule has 1 aromatic heterocycles. The van der Waals surface area contributed by atoms with Crippen LogP contribution >= 0.6 is 22.9 Å². The Hall–Kier alpha value is -1.23. The molecule has 2 rings (SSSR count). The van der Waals surface area contributed by atoms with Crippen LogP contribution in [0.1, 0.15) is 23.8 Å². The molecule has 0 fully saturated rings. The summed E-state index contributed by atoms with van der Waals surface area (Å²) in [6.45, 7) is 2.57. The zero-order chi connectivity index (χ0) is 15.2. The Morgan fingerprint density at radius 3 is 2.67 bits per heavy atom. The lowest BCUT2D eigenvalue weighted by Gasteiger charge is -2.13. The molecular weight excluding hydrogens is 306 g/mol. The van der Waals surface area contributed by atoms with E-state index in [1.165, 1.54) is 11.3 Å². The van der Waals surface area contributed by atoms with Crippen LogP contribution in [-0.4, -0.2) is 13.2 Å². The van der Waals surface area contributed by atoms with Crippen molar-refractivity contribution in [1.29, 1.82) is 0 Å². The van der Waals surface area contributed by atoms with E-state index in [1.54, 1.807) is 7.11 Å². The quantitative estimate of drug-likeness (QED) is 0.826. The summed E-state index contributed by atoms with van der Waals surface area (Å²) in [5.74, 6) is 1.47. The van der Waals surface area contributed by atoms with E-state index in [2.05, 4.69) is 6.92 Å². The van der Waals surface area contributed by atoms with E-state index in [0.717, 1.165) is 39.1 Å². The molecule has 0 bridgehead atoms. The number of benzene rings is 1. The van der Waals surface area contributed by atoms with E-state index in [-0.39, 0.29) is 6.04 Å². The molecule has 0 saturated carbocycles. The molecule has 0 aliphatic carbocycles. The third-order valence-corrected chi connectivity index (χ3v) is 4.45. The Kier molecular flexibility index (Phi) is 5.91. The minimum absolute atomic E-state index is 0.169. The summed E-state index contributed by atoms with van der Waals surface area (Å²) in [7, 11) is 1.64. The van der Waals surface area contributed by atoms with Crippen molar-refractivity contribution in [1.82, 2.24) is 0 Å². The Bertz CT molecular complexity index is 585. The second-order valence-corrected chi connectivity index (χ2v) is 6.65. The Labute approximate surface area is 134 Å². The molecule has 114 valence electrons. The zero-order valence-corrected chi connectivity index (χ0v) is 13.8. The number of rotatable bonds is 7. The van der Waals surface area contributed by atoms with E-state index < -0.39 is 0 Å². The van der Waals surface area contributed by atoms with Crippen molar-refractivity contribution >= 4 is 22.9 Å². The normalized spacial score (nSPS) is 12.2. The first-order valence-corrected chi connectivity index (χ1v) is 8.11. The van der Waals surface area contributed by atoms with Crippen LogP contribution in [0, 0.1) is 0 Å². The average molecular weight is 326 g/mol. The van der Waals surface area contributed by atoms with E-state index >= 15 is 0 Å². The van der Waals surface area contributed by atoms with Crippen LogP contribution < -0.4 is 15.2 Å². The molecule has 1 aromatic carbocycles. The van der Waals surface area contributed by atoms with Crippen LogP contribution in [0.5, 0.6) is 11.5 Å². The lowest BCUT2D eigenvalue weighted by Crippen LogP contribution is -2.21. The Morgan fingerprint density at radius 2 is 2.05 bits per heavy atom. The van der Waals surface area contributed by atoms with E-state index in [9.17, 15) is 0 Å². The Morgan fingerprint density at radius 1 is 1.24 bits per heavy atom. The fourth-order valence-corrected chi connectivity index (χ4v) is 2.99. The number of thiophene rings is 1. The summed E-state index contributed by atoms with van der Waals surface area (Å²) in [4.78, 5) is 1.08. The summed E-state index contributed by atoms with van der Waals surface area (Å²) in [6, 6.07) is 9.97. The van der Waals surface area contributed by atoms with Crippen LogP contribution in [-0.2, 0) is 13.0 Å². The monoisotopic (exact) mass is 325 g/mol. The third kappa shape index (κ3) is 4.63. The maximum Gasteiger partial charge on any atom is 0.161 e. The molecular formula is C16H20ClNO2S. The molecule has 0 radical (unpaired) electrons. The second kappa shape index (κ2) is 7.69. The molecule has 5 heteroatoms. The van der Waals surface area contributed by atoms with Gasteiger partial charge in [0.2, 0.25) is 0 Å². The summed E-state index contributed by atoms with van der Waals surface area (Å²) < 4.78 is 12.0. The molecule has 3 nitrogen and oxygen atoms in total. The summed E-state index contributed by atoms with van der Waals surface area (Å²) in [6.07, 6.45) is 1.79. The van der Waals surface area contributed by atoms with Gasteiger partial charge in [0.15, 0.2) is 11.5 Å². The van der Waals surface area contributed by atoms with Crippen molar-refractivity contribution in [3.63, 3.8) is 0 Å². The van der Waals surface area contributed by atoms with Crippen molar-refractivity contribution in [2.45, 2.75) is 32.4 Å². The number of ether oxygens (including phenoxy) is 2. The molecule has 0 saturated heterocycles. The van der Waals surface area contributed by atoms with Gasteiger partial charge in [-0.15, -0.1) is 11.3 Å². The fourth-order valence-electron chi connectivity index (χ4n) is 1.99. The predicted octanol–water partition coefficient (Wildman–Crippen LogP) is 4.27. The predicted molar refractivity (Wildman–Crippen MR) is 88.6 cm³/mol. The van der Waals surface area contributed by atoms with Gasteiger partial charge in [0, 0.05) is 10.9 Å². The van der Waals surface area contributed by atoms with Crippen LogP contribution in [0.3, 0.4) is 0 Å². The van der Waals surface area contributed by atoms with Crippen molar-refractivity contribution < 1.29 is 9.47 Å². The molecule has 2 N–H and O–H groups in total. The maximum atomic E-state index is 6.01. The average Bonchev–Trinajstić information content (AvgIpc) is 2.90. The van der Waals surface area contributed by atoms with E-state index in [4.69, 9.17) is 26.8 Å². The summed E-state index contributed by atoms with van der Waals surface area (Å²) in [5.41, 5.74) is 7.17. The molecule has 1 unspecified atom stereocenters. The number of methoxy groups -OCH3 is 1. The summed E-state index contributed by atoms with van der Waals surface area (Å²) in [5, 5.41) is 0. The van der Waals surface area contributed by atoms with Crippen molar-refractivity contribution in [2.75, 3.05) is 7.11 Å². The van der Waals surface area contributed by atoms with E-state index in [1.807, 2.05) is 30.3 Å². The number of nitrogens with two attached hydrogens (primary N) is 1. The van der Waals surface area contributed by atoms with Crippen molar-refractivity contribution in [3.05, 3.63) is 45.1 Å². The van der Waals surface area contributed by atoms with Gasteiger partial charge in [-0.2, -0.15) is 0 Å². The Balaban J connectivity index is 2.09. The molecule has 0 amide bonds. The van der Waals surface area contributed by atoms with Gasteiger partial charge in [-0.3, -0.25) is 0 Å². The zero-order valence-electron chi connectivity index (χ0n) is 12.3. The highest BCUT2D eigenvalue weighted by molar-refractivity contribution is 7.16. The number of hydrogen-bond donors (Lipinski definition) is 1. The maximum absolute atomic E-state index is 6.01. The van der Waals surface area contributed by atoms with Gasteiger partial charge in [0.25, 0.3) is 0 Å². The first-order chi connectivity index (χ1) is 10.1. The largest absolute Gasteiger partial charge is 0.493 e. The van der Waals surface area contributed by atoms with Crippen LogP contribution in [0.25, 0.3) is 0 Å². The van der Waals surface area contributed by atoms with Gasteiger partial charge in [-0.1, -0.05) is 24.6 Å². The van der Waals surface area contributed by atoms with Gasteiger partial charge in [-0.25, -0.2) is 0 Å². The molecule has 2 aromatic rings. The minimum Gasteiger partial charge on any atom is -0.493 e. The standard InChI is InChI=1S/C16H20ClNO2S/c1-3-12(18)8-11-4-6-14(19-2)15(9-11)20-10-13-5-7-16(17)21-13/h4-7,9,12H,3,8,10,18H2,1-2H3. The third-order valence-electron chi connectivity index (χ3n) is 3.25. The summed E-state index contributed by atoms with van der Waals surface area (Å²) >= 11 is 7.44. The van der Waals surface area contributed by atoms with Crippen LogP contribution in [0.2, 0.25) is 4.34 Å². The van der Waals surface area contributed by atoms with Gasteiger partial charge in [-0.05, 0) is 42.7 Å². The number of hydrogen-bond acceptors (Lipinski definition) is 4. The molecule has 0 spiro atoms. The highest BCUT2D eigenvalue weighted by Gasteiger charge is 2.09. The van der Waals surface area contributed by atoms with Crippen LogP contribution in [0.15, 0.2) is 30.3 Å². The van der Waals surface area contributed by atoms with Gasteiger partial charge < -0.3 is 15.2 Å². The SMILES string of the molecule is CCC(N)Cc1ccc(OC)c(OCc2ccc(Cl)s2)c1. The van der Waals surface area contributed by atoms with Gasteiger partial charge >= 0.3 is 0 Å².